The monoisotopic (exact) mass is 351 g/mol. The minimum Gasteiger partial charge on any atom is -0.444 e. The Morgan fingerprint density at radius 2 is 1.71 bits per heavy atom. The van der Waals surface area contributed by atoms with Gasteiger partial charge in [-0.1, -0.05) is 0 Å². The molecule has 2 heterocycles. The van der Waals surface area contributed by atoms with Crippen LogP contribution in [0.3, 0.4) is 0 Å². The van der Waals surface area contributed by atoms with Gasteiger partial charge < -0.3 is 20.3 Å². The van der Waals surface area contributed by atoms with E-state index >= 15 is 0 Å². The van der Waals surface area contributed by atoms with E-state index in [1.54, 1.807) is 25.7 Å². The van der Waals surface area contributed by atoms with E-state index in [1.807, 2.05) is 0 Å². The molecule has 1 atom stereocenters. The summed E-state index contributed by atoms with van der Waals surface area (Å²) in [5, 5.41) is 0. The van der Waals surface area contributed by atoms with Gasteiger partial charge in [0.05, 0.1) is 5.54 Å². The van der Waals surface area contributed by atoms with Gasteiger partial charge in [-0.25, -0.2) is 4.79 Å². The fourth-order valence-electron chi connectivity index (χ4n) is 3.46. The van der Waals surface area contributed by atoms with Gasteiger partial charge in [0.25, 0.3) is 0 Å². The van der Waals surface area contributed by atoms with Crippen LogP contribution in [0.1, 0.15) is 40.0 Å². The molecule has 2 aliphatic heterocycles. The van der Waals surface area contributed by atoms with E-state index in [-0.39, 0.29) is 32.0 Å². The lowest BCUT2D eigenvalue weighted by atomic mass is 9.84. The Labute approximate surface area is 139 Å². The summed E-state index contributed by atoms with van der Waals surface area (Å²) >= 11 is 0. The van der Waals surface area contributed by atoms with E-state index in [1.165, 1.54) is 0 Å². The van der Waals surface area contributed by atoms with E-state index in [2.05, 4.69) is 0 Å². The molecule has 0 bridgehead atoms. The third-order valence-corrected chi connectivity index (χ3v) is 4.47. The lowest BCUT2D eigenvalue weighted by molar-refractivity contribution is -0.187. The second-order valence-corrected chi connectivity index (χ2v) is 7.57. The van der Waals surface area contributed by atoms with Crippen molar-refractivity contribution in [3.63, 3.8) is 0 Å². The molecule has 24 heavy (non-hydrogen) atoms. The molecule has 2 aliphatic rings. The molecule has 2 fully saturated rings. The minimum atomic E-state index is -4.87. The van der Waals surface area contributed by atoms with Crippen LogP contribution in [0, 0.1) is 0 Å². The number of alkyl halides is 3. The van der Waals surface area contributed by atoms with Crippen molar-refractivity contribution in [3.8, 4) is 0 Å². The molecule has 2 N–H and O–H groups in total. The summed E-state index contributed by atoms with van der Waals surface area (Å²) in [4.78, 5) is 26.1. The van der Waals surface area contributed by atoms with Gasteiger partial charge >= 0.3 is 18.2 Å². The SMILES string of the molecule is CC(C)(C)OC(=O)N1CC(N)CC12CCN(C(=O)C(F)(F)F)CC2. The third kappa shape index (κ3) is 3.93. The highest BCUT2D eigenvalue weighted by molar-refractivity contribution is 5.82. The maximum atomic E-state index is 12.6. The van der Waals surface area contributed by atoms with Crippen molar-refractivity contribution in [2.24, 2.45) is 5.73 Å². The highest BCUT2D eigenvalue weighted by atomic mass is 19.4. The van der Waals surface area contributed by atoms with E-state index in [4.69, 9.17) is 10.5 Å². The van der Waals surface area contributed by atoms with Gasteiger partial charge in [0.1, 0.15) is 5.60 Å². The number of nitrogens with zero attached hydrogens (tertiary/aromatic N) is 2. The molecule has 9 heteroatoms. The van der Waals surface area contributed by atoms with Crippen LogP contribution in [0.5, 0.6) is 0 Å². The lowest BCUT2D eigenvalue weighted by Gasteiger charge is -2.44. The zero-order valence-electron chi connectivity index (χ0n) is 14.2. The van der Waals surface area contributed by atoms with E-state index in [0.717, 1.165) is 4.90 Å². The van der Waals surface area contributed by atoms with E-state index in [9.17, 15) is 22.8 Å². The van der Waals surface area contributed by atoms with Gasteiger partial charge in [-0.2, -0.15) is 13.2 Å². The van der Waals surface area contributed by atoms with Crippen molar-refractivity contribution in [2.45, 2.75) is 63.4 Å². The summed E-state index contributed by atoms with van der Waals surface area (Å²) in [6.07, 6.45) is -4.35. The molecule has 138 valence electrons. The number of nitrogens with two attached hydrogens (primary N) is 1. The Bertz CT molecular complexity index is 508. The molecule has 0 aliphatic carbocycles. The van der Waals surface area contributed by atoms with Crippen molar-refractivity contribution in [1.29, 1.82) is 0 Å². The molecule has 0 saturated carbocycles. The number of ether oxygens (including phenoxy) is 1. The third-order valence-electron chi connectivity index (χ3n) is 4.47. The molecule has 2 rings (SSSR count). The largest absolute Gasteiger partial charge is 0.471 e. The van der Waals surface area contributed by atoms with Crippen LogP contribution in [0.4, 0.5) is 18.0 Å². The molecule has 0 aromatic heterocycles. The molecule has 1 spiro atoms. The fourth-order valence-corrected chi connectivity index (χ4v) is 3.46. The molecular weight excluding hydrogens is 327 g/mol. The van der Waals surface area contributed by atoms with Gasteiger partial charge in [-0.3, -0.25) is 4.79 Å². The number of carbonyl (C=O) groups excluding carboxylic acids is 2. The second kappa shape index (κ2) is 6.09. The summed E-state index contributed by atoms with van der Waals surface area (Å²) in [7, 11) is 0. The van der Waals surface area contributed by atoms with Crippen LogP contribution < -0.4 is 5.73 Å². The van der Waals surface area contributed by atoms with Crippen LogP contribution in [-0.4, -0.2) is 64.8 Å². The number of likely N-dealkylation sites (tertiary alicyclic amines) is 2. The molecule has 2 saturated heterocycles. The molecule has 6 nitrogen and oxygen atoms in total. The number of hydrogen-bond donors (Lipinski definition) is 1. The number of halogens is 3. The summed E-state index contributed by atoms with van der Waals surface area (Å²) in [6, 6.07) is -0.248. The second-order valence-electron chi connectivity index (χ2n) is 7.57. The van der Waals surface area contributed by atoms with Gasteiger partial charge in [0.15, 0.2) is 0 Å². The van der Waals surface area contributed by atoms with Gasteiger partial charge in [-0.15, -0.1) is 0 Å². The zero-order valence-corrected chi connectivity index (χ0v) is 14.2. The van der Waals surface area contributed by atoms with Gasteiger partial charge in [0, 0.05) is 25.7 Å². The molecule has 1 unspecified atom stereocenters. The van der Waals surface area contributed by atoms with Gasteiger partial charge in [0.2, 0.25) is 0 Å². The van der Waals surface area contributed by atoms with Crippen molar-refractivity contribution in [1.82, 2.24) is 9.80 Å². The zero-order chi connectivity index (χ0) is 18.3. The summed E-state index contributed by atoms with van der Waals surface area (Å²) in [5.74, 6) is -1.83. The Morgan fingerprint density at radius 3 is 2.17 bits per heavy atom. The van der Waals surface area contributed by atoms with Crippen molar-refractivity contribution in [3.05, 3.63) is 0 Å². The van der Waals surface area contributed by atoms with Crippen LogP contribution >= 0.6 is 0 Å². The Kier molecular flexibility index (Phi) is 4.78. The average Bonchev–Trinajstić information content (AvgIpc) is 2.73. The van der Waals surface area contributed by atoms with Crippen molar-refractivity contribution >= 4 is 12.0 Å². The van der Waals surface area contributed by atoms with E-state index in [0.29, 0.717) is 13.0 Å². The van der Waals surface area contributed by atoms with E-state index < -0.39 is 29.3 Å². The Balaban J connectivity index is 2.09. The topological polar surface area (TPSA) is 75.9 Å². The maximum Gasteiger partial charge on any atom is 0.471 e. The normalized spacial score (nSPS) is 24.4. The minimum absolute atomic E-state index is 0.0512. The number of rotatable bonds is 0. The first kappa shape index (κ1) is 18.8. The maximum absolute atomic E-state index is 12.6. The standard InChI is InChI=1S/C15H24F3N3O3/c1-13(2,3)24-12(23)21-9-10(19)8-14(21)4-6-20(7-5-14)11(22)15(16,17)18/h10H,4-9,19H2,1-3H3. The van der Waals surface area contributed by atoms with Crippen LogP contribution in [0.15, 0.2) is 0 Å². The lowest BCUT2D eigenvalue weighted by Crippen LogP contribution is -2.57. The van der Waals surface area contributed by atoms with Crippen LogP contribution in [0.25, 0.3) is 0 Å². The Morgan fingerprint density at radius 1 is 1.17 bits per heavy atom. The summed E-state index contributed by atoms with van der Waals surface area (Å²) in [6.45, 7) is 5.45. The highest BCUT2D eigenvalue weighted by Gasteiger charge is 2.52. The fraction of sp³-hybridized carbons (Fsp3) is 0.867. The summed E-state index contributed by atoms with van der Waals surface area (Å²) in [5.41, 5.74) is 4.68. The molecule has 2 amide bonds. The predicted molar refractivity (Wildman–Crippen MR) is 80.1 cm³/mol. The smallest absolute Gasteiger partial charge is 0.444 e. The van der Waals surface area contributed by atoms with Crippen LogP contribution in [0.2, 0.25) is 0 Å². The predicted octanol–water partition coefficient (Wildman–Crippen LogP) is 1.88. The first-order chi connectivity index (χ1) is 10.8. The van der Waals surface area contributed by atoms with Crippen LogP contribution in [-0.2, 0) is 9.53 Å². The van der Waals surface area contributed by atoms with Gasteiger partial charge in [-0.05, 0) is 40.0 Å². The first-order valence-corrected chi connectivity index (χ1v) is 7.96. The van der Waals surface area contributed by atoms with Crippen molar-refractivity contribution < 1.29 is 27.5 Å². The quantitative estimate of drug-likeness (QED) is 0.723. The molecule has 0 aromatic rings. The molecule has 0 radical (unpaired) electrons. The summed E-state index contributed by atoms with van der Waals surface area (Å²) < 4.78 is 43.1. The average molecular weight is 351 g/mol. The number of amides is 2. The number of hydrogen-bond acceptors (Lipinski definition) is 4. The number of piperidine rings is 1. The van der Waals surface area contributed by atoms with Crippen molar-refractivity contribution in [2.75, 3.05) is 19.6 Å². The molecular formula is C15H24F3N3O3. The number of carbonyl (C=O) groups is 2. The first-order valence-electron chi connectivity index (χ1n) is 7.96. The molecule has 0 aromatic carbocycles. The Hall–Kier alpha value is -1.51. The highest BCUT2D eigenvalue weighted by Crippen LogP contribution is 2.39.